The van der Waals surface area contributed by atoms with Gasteiger partial charge in [-0.25, -0.2) is 4.79 Å². The van der Waals surface area contributed by atoms with E-state index in [1.54, 1.807) is 18.6 Å². The van der Waals surface area contributed by atoms with Gasteiger partial charge in [0.25, 0.3) is 0 Å². The first-order valence-electron chi connectivity index (χ1n) is 8.09. The summed E-state index contributed by atoms with van der Waals surface area (Å²) < 4.78 is 0. The van der Waals surface area contributed by atoms with Crippen molar-refractivity contribution >= 4 is 11.7 Å². The first-order chi connectivity index (χ1) is 12.1. The molecular formula is C20H20N4O. The number of urea groups is 1. The molecule has 0 aliphatic rings. The molecule has 0 bridgehead atoms. The third-order valence-corrected chi connectivity index (χ3v) is 4.00. The molecule has 5 nitrogen and oxygen atoms in total. The van der Waals surface area contributed by atoms with Crippen LogP contribution in [0.3, 0.4) is 0 Å². The molecule has 0 aliphatic carbocycles. The fraction of sp³-hybridized carbons (Fsp3) is 0.150. The monoisotopic (exact) mass is 332 g/mol. The van der Waals surface area contributed by atoms with E-state index in [2.05, 4.69) is 20.6 Å². The lowest BCUT2D eigenvalue weighted by Crippen LogP contribution is -2.28. The number of hydrogen-bond donors (Lipinski definition) is 2. The maximum Gasteiger partial charge on any atom is 0.319 e. The van der Waals surface area contributed by atoms with Crippen LogP contribution in [-0.4, -0.2) is 16.0 Å². The van der Waals surface area contributed by atoms with Gasteiger partial charge in [-0.1, -0.05) is 12.1 Å². The van der Waals surface area contributed by atoms with Gasteiger partial charge in [0, 0.05) is 36.4 Å². The van der Waals surface area contributed by atoms with Crippen LogP contribution in [0, 0.1) is 13.8 Å². The average molecular weight is 332 g/mol. The van der Waals surface area contributed by atoms with Crippen molar-refractivity contribution < 1.29 is 4.79 Å². The molecule has 126 valence electrons. The fourth-order valence-corrected chi connectivity index (χ4v) is 2.39. The summed E-state index contributed by atoms with van der Waals surface area (Å²) in [7, 11) is 0. The zero-order chi connectivity index (χ0) is 17.6. The van der Waals surface area contributed by atoms with Crippen LogP contribution >= 0.6 is 0 Å². The normalized spacial score (nSPS) is 10.3. The molecule has 3 aromatic rings. The van der Waals surface area contributed by atoms with Crippen molar-refractivity contribution in [3.63, 3.8) is 0 Å². The molecule has 2 N–H and O–H groups in total. The highest BCUT2D eigenvalue weighted by Crippen LogP contribution is 2.16. The van der Waals surface area contributed by atoms with Crippen molar-refractivity contribution in [2.75, 3.05) is 5.32 Å². The van der Waals surface area contributed by atoms with Crippen LogP contribution in [0.15, 0.2) is 61.1 Å². The molecule has 0 aliphatic heterocycles. The van der Waals surface area contributed by atoms with Crippen molar-refractivity contribution in [1.29, 1.82) is 0 Å². The van der Waals surface area contributed by atoms with Crippen LogP contribution < -0.4 is 10.6 Å². The summed E-state index contributed by atoms with van der Waals surface area (Å²) in [6.45, 7) is 4.48. The topological polar surface area (TPSA) is 66.9 Å². The molecule has 0 radical (unpaired) electrons. The number of carbonyl (C=O) groups excluding carboxylic acids is 1. The molecule has 3 rings (SSSR count). The number of carbonyl (C=O) groups is 1. The Morgan fingerprint density at radius 1 is 1.04 bits per heavy atom. The minimum atomic E-state index is -0.236. The summed E-state index contributed by atoms with van der Waals surface area (Å²) in [5.41, 5.74) is 5.89. The van der Waals surface area contributed by atoms with Crippen LogP contribution in [0.2, 0.25) is 0 Å². The summed E-state index contributed by atoms with van der Waals surface area (Å²) >= 11 is 0. The Balaban J connectivity index is 1.56. The second-order valence-electron chi connectivity index (χ2n) is 5.90. The zero-order valence-corrected chi connectivity index (χ0v) is 14.3. The van der Waals surface area contributed by atoms with Gasteiger partial charge in [-0.05, 0) is 60.9 Å². The summed E-state index contributed by atoms with van der Waals surface area (Å²) in [6, 6.07) is 13.3. The number of aromatic nitrogens is 2. The van der Waals surface area contributed by atoms with Crippen molar-refractivity contribution in [3.8, 4) is 11.3 Å². The van der Waals surface area contributed by atoms with Crippen molar-refractivity contribution in [2.45, 2.75) is 20.4 Å². The largest absolute Gasteiger partial charge is 0.334 e. The Morgan fingerprint density at radius 2 is 1.92 bits per heavy atom. The van der Waals surface area contributed by atoms with Gasteiger partial charge in [-0.2, -0.15) is 0 Å². The van der Waals surface area contributed by atoms with E-state index in [1.807, 2.05) is 56.3 Å². The van der Waals surface area contributed by atoms with Gasteiger partial charge in [0.05, 0.1) is 5.69 Å². The van der Waals surface area contributed by atoms with Crippen LogP contribution in [0.4, 0.5) is 10.5 Å². The van der Waals surface area contributed by atoms with E-state index in [4.69, 9.17) is 0 Å². The number of anilines is 1. The highest BCUT2D eigenvalue weighted by atomic mass is 16.2. The Bertz CT molecular complexity index is 861. The number of amides is 2. The minimum absolute atomic E-state index is 0.236. The van der Waals surface area contributed by atoms with E-state index in [0.29, 0.717) is 6.54 Å². The summed E-state index contributed by atoms with van der Waals surface area (Å²) in [5, 5.41) is 5.68. The highest BCUT2D eigenvalue weighted by Gasteiger charge is 2.04. The van der Waals surface area contributed by atoms with Gasteiger partial charge in [-0.15, -0.1) is 0 Å². The van der Waals surface area contributed by atoms with E-state index in [-0.39, 0.29) is 6.03 Å². The van der Waals surface area contributed by atoms with E-state index < -0.39 is 0 Å². The zero-order valence-electron chi connectivity index (χ0n) is 14.3. The molecular weight excluding hydrogens is 312 g/mol. The predicted molar refractivity (Wildman–Crippen MR) is 99.2 cm³/mol. The minimum Gasteiger partial charge on any atom is -0.334 e. The van der Waals surface area contributed by atoms with Gasteiger partial charge in [0.1, 0.15) is 0 Å². The third-order valence-electron chi connectivity index (χ3n) is 4.00. The number of aryl methyl sites for hydroxylation is 2. The average Bonchev–Trinajstić information content (AvgIpc) is 2.64. The van der Waals surface area contributed by atoms with Crippen LogP contribution in [0.1, 0.15) is 16.7 Å². The van der Waals surface area contributed by atoms with Gasteiger partial charge < -0.3 is 10.6 Å². The molecule has 5 heteroatoms. The standard InChI is InChI=1S/C20H20N4O/c1-14-5-7-18(10-15(14)2)24-20(25)23-12-16-6-8-19(22-11-16)17-4-3-9-21-13-17/h3-11,13H,12H2,1-2H3,(H2,23,24,25). The smallest absolute Gasteiger partial charge is 0.319 e. The number of benzene rings is 1. The summed E-state index contributed by atoms with van der Waals surface area (Å²) in [6.07, 6.45) is 5.27. The van der Waals surface area contributed by atoms with E-state index >= 15 is 0 Å². The first-order valence-corrected chi connectivity index (χ1v) is 8.09. The number of hydrogen-bond acceptors (Lipinski definition) is 3. The van der Waals surface area contributed by atoms with Gasteiger partial charge >= 0.3 is 6.03 Å². The van der Waals surface area contributed by atoms with Crippen LogP contribution in [0.5, 0.6) is 0 Å². The Hall–Kier alpha value is -3.21. The van der Waals surface area contributed by atoms with Gasteiger partial charge in [-0.3, -0.25) is 9.97 Å². The number of pyridine rings is 2. The molecule has 2 amide bonds. The van der Waals surface area contributed by atoms with Crippen molar-refractivity contribution in [2.24, 2.45) is 0 Å². The summed E-state index contributed by atoms with van der Waals surface area (Å²) in [4.78, 5) is 20.5. The molecule has 0 unspecified atom stereocenters. The molecule has 2 aromatic heterocycles. The van der Waals surface area contributed by atoms with Crippen LogP contribution in [0.25, 0.3) is 11.3 Å². The van der Waals surface area contributed by atoms with E-state index in [9.17, 15) is 4.79 Å². The molecule has 1 aromatic carbocycles. The van der Waals surface area contributed by atoms with E-state index in [1.165, 1.54) is 5.56 Å². The molecule has 0 saturated carbocycles. The maximum absolute atomic E-state index is 12.0. The lowest BCUT2D eigenvalue weighted by Gasteiger charge is -2.09. The molecule has 25 heavy (non-hydrogen) atoms. The Morgan fingerprint density at radius 3 is 2.60 bits per heavy atom. The number of nitrogens with one attached hydrogen (secondary N) is 2. The first kappa shape index (κ1) is 16.6. The summed E-state index contributed by atoms with van der Waals surface area (Å²) in [5.74, 6) is 0. The van der Waals surface area contributed by atoms with Crippen LogP contribution in [-0.2, 0) is 6.54 Å². The van der Waals surface area contributed by atoms with Gasteiger partial charge in [0.2, 0.25) is 0 Å². The molecule has 0 fully saturated rings. The lowest BCUT2D eigenvalue weighted by molar-refractivity contribution is 0.251. The van der Waals surface area contributed by atoms with Crippen molar-refractivity contribution in [3.05, 3.63) is 77.7 Å². The fourth-order valence-electron chi connectivity index (χ4n) is 2.39. The quantitative estimate of drug-likeness (QED) is 0.756. The van der Waals surface area contributed by atoms with Crippen molar-refractivity contribution in [1.82, 2.24) is 15.3 Å². The van der Waals surface area contributed by atoms with E-state index in [0.717, 1.165) is 28.1 Å². The highest BCUT2D eigenvalue weighted by molar-refractivity contribution is 5.89. The number of nitrogens with zero attached hydrogens (tertiary/aromatic N) is 2. The molecule has 0 spiro atoms. The predicted octanol–water partition coefficient (Wildman–Crippen LogP) is 4.08. The lowest BCUT2D eigenvalue weighted by atomic mass is 10.1. The second-order valence-corrected chi connectivity index (χ2v) is 5.90. The van der Waals surface area contributed by atoms with Gasteiger partial charge in [0.15, 0.2) is 0 Å². The third kappa shape index (κ3) is 4.41. The SMILES string of the molecule is Cc1ccc(NC(=O)NCc2ccc(-c3cccnc3)nc2)cc1C. The molecule has 0 atom stereocenters. The second kappa shape index (κ2) is 7.57. The molecule has 0 saturated heterocycles. The number of rotatable bonds is 4. The Kier molecular flexibility index (Phi) is 5.04. The molecule has 2 heterocycles. The maximum atomic E-state index is 12.0. The Labute approximate surface area is 147 Å².